The van der Waals surface area contributed by atoms with Crippen molar-refractivity contribution < 1.29 is 23.1 Å². The van der Waals surface area contributed by atoms with E-state index < -0.39 is 22.0 Å². The van der Waals surface area contributed by atoms with Gasteiger partial charge in [-0.25, -0.2) is 17.9 Å². The molecule has 0 saturated heterocycles. The minimum Gasteiger partial charge on any atom is -0.465 e. The summed E-state index contributed by atoms with van der Waals surface area (Å²) in [5, 5.41) is 8.82. The van der Waals surface area contributed by atoms with Crippen LogP contribution in [0.2, 0.25) is 0 Å². The van der Waals surface area contributed by atoms with Gasteiger partial charge in [0.15, 0.2) is 0 Å². The Morgan fingerprint density at radius 3 is 2.74 bits per heavy atom. The second-order valence-corrected chi connectivity index (χ2v) is 5.91. The molecule has 0 amide bonds. The largest absolute Gasteiger partial charge is 0.465 e. The standard InChI is InChI=1S/C12H17NO5S/c1-9(7-14)13-19(16,17)8-10-4-3-5-11(6-10)12(15)18-2/h3-6,9,13-14H,7-8H2,1-2H3. The molecule has 19 heavy (non-hydrogen) atoms. The fourth-order valence-corrected chi connectivity index (χ4v) is 2.90. The van der Waals surface area contributed by atoms with Crippen LogP contribution < -0.4 is 4.72 Å². The number of aliphatic hydroxyl groups excluding tert-OH is 1. The summed E-state index contributed by atoms with van der Waals surface area (Å²) in [7, 11) is -2.30. The van der Waals surface area contributed by atoms with Crippen LogP contribution in [0.3, 0.4) is 0 Å². The number of methoxy groups -OCH3 is 1. The molecule has 1 unspecified atom stereocenters. The maximum atomic E-state index is 11.8. The molecule has 2 N–H and O–H groups in total. The Bertz CT molecular complexity index is 541. The lowest BCUT2D eigenvalue weighted by molar-refractivity contribution is 0.0600. The summed E-state index contributed by atoms with van der Waals surface area (Å²) in [5.74, 6) is -0.779. The number of nitrogens with one attached hydrogen (secondary N) is 1. The van der Waals surface area contributed by atoms with Crippen LogP contribution in [0.5, 0.6) is 0 Å². The molecule has 0 fully saturated rings. The number of rotatable bonds is 6. The van der Waals surface area contributed by atoms with E-state index in [1.165, 1.54) is 13.2 Å². The van der Waals surface area contributed by atoms with Crippen molar-refractivity contribution in [2.45, 2.75) is 18.7 Å². The fraction of sp³-hybridized carbons (Fsp3) is 0.417. The Kier molecular flexibility index (Phi) is 5.46. The van der Waals surface area contributed by atoms with E-state index in [9.17, 15) is 13.2 Å². The van der Waals surface area contributed by atoms with Crippen molar-refractivity contribution in [2.24, 2.45) is 0 Å². The molecule has 0 aromatic heterocycles. The van der Waals surface area contributed by atoms with Crippen molar-refractivity contribution in [1.29, 1.82) is 0 Å². The highest BCUT2D eigenvalue weighted by atomic mass is 32.2. The molecule has 0 spiro atoms. The number of hydrogen-bond donors (Lipinski definition) is 2. The average molecular weight is 287 g/mol. The quantitative estimate of drug-likeness (QED) is 0.733. The molecule has 1 rings (SSSR count). The number of carbonyl (C=O) groups is 1. The van der Waals surface area contributed by atoms with Crippen LogP contribution in [0, 0.1) is 0 Å². The van der Waals surface area contributed by atoms with Crippen LogP contribution in [-0.2, 0) is 20.5 Å². The van der Waals surface area contributed by atoms with E-state index in [2.05, 4.69) is 9.46 Å². The van der Waals surface area contributed by atoms with E-state index in [0.717, 1.165) is 0 Å². The smallest absolute Gasteiger partial charge is 0.337 e. The van der Waals surface area contributed by atoms with Gasteiger partial charge in [-0.2, -0.15) is 0 Å². The van der Waals surface area contributed by atoms with Gasteiger partial charge in [0.05, 0.1) is 25.0 Å². The summed E-state index contributed by atoms with van der Waals surface area (Å²) in [6, 6.07) is 5.66. The molecular weight excluding hydrogens is 270 g/mol. The number of hydrogen-bond acceptors (Lipinski definition) is 5. The molecule has 1 aromatic rings. The summed E-state index contributed by atoms with van der Waals surface area (Å²) in [4.78, 5) is 11.3. The van der Waals surface area contributed by atoms with Gasteiger partial charge in [0.25, 0.3) is 0 Å². The van der Waals surface area contributed by atoms with Gasteiger partial charge in [-0.1, -0.05) is 12.1 Å². The third-order valence-electron chi connectivity index (χ3n) is 2.36. The van der Waals surface area contributed by atoms with Crippen LogP contribution in [0.1, 0.15) is 22.8 Å². The number of sulfonamides is 1. The maximum Gasteiger partial charge on any atom is 0.337 e. The highest BCUT2D eigenvalue weighted by Gasteiger charge is 2.15. The van der Waals surface area contributed by atoms with Gasteiger partial charge in [0, 0.05) is 6.04 Å². The number of carbonyl (C=O) groups excluding carboxylic acids is 1. The lowest BCUT2D eigenvalue weighted by Gasteiger charge is -2.11. The topological polar surface area (TPSA) is 92.7 Å². The van der Waals surface area contributed by atoms with E-state index in [4.69, 9.17) is 5.11 Å². The van der Waals surface area contributed by atoms with Gasteiger partial charge in [0.2, 0.25) is 10.0 Å². The third kappa shape index (κ3) is 4.98. The Balaban J connectivity index is 2.85. The number of ether oxygens (including phenoxy) is 1. The van der Waals surface area contributed by atoms with Crippen LogP contribution in [0.25, 0.3) is 0 Å². The first-order chi connectivity index (χ1) is 8.88. The first-order valence-electron chi connectivity index (χ1n) is 5.66. The van der Waals surface area contributed by atoms with Crippen LogP contribution in [0.15, 0.2) is 24.3 Å². The summed E-state index contributed by atoms with van der Waals surface area (Å²) in [6.07, 6.45) is 0. The van der Waals surface area contributed by atoms with Crippen molar-refractivity contribution in [3.63, 3.8) is 0 Å². The van der Waals surface area contributed by atoms with Gasteiger partial charge >= 0.3 is 5.97 Å². The van der Waals surface area contributed by atoms with Gasteiger partial charge in [-0.3, -0.25) is 0 Å². The minimum absolute atomic E-state index is 0.262. The SMILES string of the molecule is COC(=O)c1cccc(CS(=O)(=O)NC(C)CO)c1. The van der Waals surface area contributed by atoms with E-state index in [1.54, 1.807) is 25.1 Å². The summed E-state index contributed by atoms with van der Waals surface area (Å²) in [5.41, 5.74) is 0.769. The third-order valence-corrected chi connectivity index (χ3v) is 3.83. The lowest BCUT2D eigenvalue weighted by Crippen LogP contribution is -2.35. The van der Waals surface area contributed by atoms with Crippen LogP contribution >= 0.6 is 0 Å². The van der Waals surface area contributed by atoms with E-state index in [1.807, 2.05) is 0 Å². The van der Waals surface area contributed by atoms with E-state index >= 15 is 0 Å². The maximum absolute atomic E-state index is 11.8. The molecule has 106 valence electrons. The van der Waals surface area contributed by atoms with Crippen molar-refractivity contribution >= 4 is 16.0 Å². The molecule has 0 heterocycles. The van der Waals surface area contributed by atoms with Crippen LogP contribution in [0.4, 0.5) is 0 Å². The lowest BCUT2D eigenvalue weighted by atomic mass is 10.1. The van der Waals surface area contributed by atoms with E-state index in [-0.39, 0.29) is 12.4 Å². The van der Waals surface area contributed by atoms with Gasteiger partial charge in [-0.15, -0.1) is 0 Å². The Labute approximate surface area is 112 Å². The molecule has 0 aliphatic carbocycles. The van der Waals surface area contributed by atoms with Gasteiger partial charge in [0.1, 0.15) is 0 Å². The van der Waals surface area contributed by atoms with E-state index in [0.29, 0.717) is 11.1 Å². The zero-order valence-corrected chi connectivity index (χ0v) is 11.6. The number of benzene rings is 1. The van der Waals surface area contributed by atoms with Gasteiger partial charge in [-0.05, 0) is 24.6 Å². The number of aliphatic hydroxyl groups is 1. The molecule has 7 heteroatoms. The second kappa shape index (κ2) is 6.65. The summed E-state index contributed by atoms with van der Waals surface area (Å²) >= 11 is 0. The fourth-order valence-electron chi connectivity index (χ4n) is 1.51. The summed E-state index contributed by atoms with van der Waals surface area (Å²) in [6.45, 7) is 1.28. The summed E-state index contributed by atoms with van der Waals surface area (Å²) < 4.78 is 30.5. The Morgan fingerprint density at radius 1 is 1.47 bits per heavy atom. The molecule has 1 atom stereocenters. The normalized spacial score (nSPS) is 13.0. The molecule has 0 radical (unpaired) electrons. The van der Waals surface area contributed by atoms with Crippen molar-refractivity contribution in [1.82, 2.24) is 4.72 Å². The monoisotopic (exact) mass is 287 g/mol. The Morgan fingerprint density at radius 2 is 2.16 bits per heavy atom. The molecule has 6 nitrogen and oxygen atoms in total. The number of esters is 1. The molecule has 0 aliphatic heterocycles. The average Bonchev–Trinajstić information content (AvgIpc) is 2.36. The highest BCUT2D eigenvalue weighted by molar-refractivity contribution is 7.88. The first kappa shape index (κ1) is 15.6. The van der Waals surface area contributed by atoms with Crippen LogP contribution in [-0.4, -0.2) is 39.3 Å². The molecular formula is C12H17NO5S. The predicted molar refractivity (Wildman–Crippen MR) is 70.1 cm³/mol. The predicted octanol–water partition coefficient (Wildman–Crippen LogP) is 0.273. The van der Waals surface area contributed by atoms with Crippen molar-refractivity contribution in [3.8, 4) is 0 Å². The minimum atomic E-state index is -3.56. The van der Waals surface area contributed by atoms with Crippen molar-refractivity contribution in [2.75, 3.05) is 13.7 Å². The molecule has 0 saturated carbocycles. The van der Waals surface area contributed by atoms with Gasteiger partial charge < -0.3 is 9.84 Å². The first-order valence-corrected chi connectivity index (χ1v) is 7.31. The zero-order valence-electron chi connectivity index (χ0n) is 10.8. The van der Waals surface area contributed by atoms with Crippen molar-refractivity contribution in [3.05, 3.63) is 35.4 Å². The highest BCUT2D eigenvalue weighted by Crippen LogP contribution is 2.10. The second-order valence-electron chi connectivity index (χ2n) is 4.15. The Hall–Kier alpha value is -1.44. The molecule has 1 aromatic carbocycles. The molecule has 0 aliphatic rings. The zero-order chi connectivity index (χ0) is 14.5. The molecule has 0 bridgehead atoms.